The summed E-state index contributed by atoms with van der Waals surface area (Å²) in [6.07, 6.45) is 3.11. The fraction of sp³-hybridized carbons (Fsp3) is 0.0833. The van der Waals surface area contributed by atoms with E-state index in [2.05, 4.69) is 20.5 Å². The number of aromatic nitrogens is 3. The average molecular weight is 273 g/mol. The average Bonchev–Trinajstić information content (AvgIpc) is 2.40. The van der Waals surface area contributed by atoms with Gasteiger partial charge in [0, 0.05) is 5.56 Å². The third kappa shape index (κ3) is 3.78. The van der Waals surface area contributed by atoms with Gasteiger partial charge in [-0.05, 0) is 5.56 Å². The first kappa shape index (κ1) is 13.0. The maximum absolute atomic E-state index is 11.7. The van der Waals surface area contributed by atoms with Crippen molar-refractivity contribution < 1.29 is 4.79 Å². The molecule has 1 aromatic heterocycles. The normalized spacial score (nSPS) is 9.89. The second-order valence-electron chi connectivity index (χ2n) is 3.75. The maximum atomic E-state index is 11.7. The monoisotopic (exact) mass is 273 g/mol. The lowest BCUT2D eigenvalue weighted by molar-refractivity contribution is -0.115. The largest absolute Gasteiger partial charge is 0.389 e. The van der Waals surface area contributed by atoms with Crippen molar-refractivity contribution in [3.8, 4) is 0 Å². The molecule has 0 bridgehead atoms. The van der Waals surface area contributed by atoms with Crippen molar-refractivity contribution in [3.63, 3.8) is 0 Å². The van der Waals surface area contributed by atoms with Gasteiger partial charge in [0.1, 0.15) is 4.99 Å². The molecule has 19 heavy (non-hydrogen) atoms. The lowest BCUT2D eigenvalue weighted by Gasteiger charge is -2.04. The molecule has 0 aliphatic rings. The van der Waals surface area contributed by atoms with E-state index in [1.54, 1.807) is 24.3 Å². The van der Waals surface area contributed by atoms with Gasteiger partial charge in [-0.15, -0.1) is 5.10 Å². The Morgan fingerprint density at radius 2 is 2.00 bits per heavy atom. The first-order chi connectivity index (χ1) is 9.15. The van der Waals surface area contributed by atoms with Crippen LogP contribution < -0.4 is 11.1 Å². The number of anilines is 1. The molecule has 0 saturated carbocycles. The van der Waals surface area contributed by atoms with Gasteiger partial charge in [0.25, 0.3) is 0 Å². The number of nitrogens with two attached hydrogens (primary N) is 1. The van der Waals surface area contributed by atoms with E-state index in [9.17, 15) is 4.79 Å². The van der Waals surface area contributed by atoms with Gasteiger partial charge in [-0.3, -0.25) is 10.1 Å². The first-order valence-electron chi connectivity index (χ1n) is 5.47. The number of hydrogen-bond donors (Lipinski definition) is 2. The molecule has 7 heteroatoms. The van der Waals surface area contributed by atoms with Gasteiger partial charge in [-0.1, -0.05) is 36.5 Å². The van der Waals surface area contributed by atoms with Crippen LogP contribution in [0.25, 0.3) is 0 Å². The van der Waals surface area contributed by atoms with E-state index in [4.69, 9.17) is 18.0 Å². The molecule has 0 atom stereocenters. The summed E-state index contributed by atoms with van der Waals surface area (Å²) in [5, 5.41) is 9.84. The summed E-state index contributed by atoms with van der Waals surface area (Å²) in [7, 11) is 0. The highest BCUT2D eigenvalue weighted by atomic mass is 32.1. The van der Waals surface area contributed by atoms with E-state index < -0.39 is 0 Å². The van der Waals surface area contributed by atoms with E-state index in [0.717, 1.165) is 11.1 Å². The summed E-state index contributed by atoms with van der Waals surface area (Å²) >= 11 is 4.85. The molecule has 2 aromatic rings. The zero-order valence-corrected chi connectivity index (χ0v) is 10.7. The third-order valence-corrected chi connectivity index (χ3v) is 2.57. The van der Waals surface area contributed by atoms with Crippen LogP contribution in [0, 0.1) is 0 Å². The van der Waals surface area contributed by atoms with Gasteiger partial charge < -0.3 is 5.73 Å². The Bertz CT molecular complexity index is 585. The standard InChI is InChI=1S/C12H11N5OS/c13-11(19)9-3-1-8(2-4-9)7-10(18)16-12-14-5-6-15-17-12/h1-6H,7H2,(H2,13,19)(H,14,16,17,18). The SMILES string of the molecule is NC(=S)c1ccc(CC(=O)Nc2nccnn2)cc1. The Kier molecular flexibility index (Phi) is 4.09. The van der Waals surface area contributed by atoms with E-state index >= 15 is 0 Å². The highest BCUT2D eigenvalue weighted by Crippen LogP contribution is 2.06. The Morgan fingerprint density at radius 1 is 1.26 bits per heavy atom. The molecule has 3 N–H and O–H groups in total. The number of amides is 1. The van der Waals surface area contributed by atoms with E-state index in [1.165, 1.54) is 12.4 Å². The molecule has 0 aliphatic carbocycles. The molecule has 0 spiro atoms. The summed E-state index contributed by atoms with van der Waals surface area (Å²) in [4.78, 5) is 15.9. The lowest BCUT2D eigenvalue weighted by atomic mass is 10.1. The summed E-state index contributed by atoms with van der Waals surface area (Å²) < 4.78 is 0. The molecule has 0 radical (unpaired) electrons. The summed E-state index contributed by atoms with van der Waals surface area (Å²) in [5.41, 5.74) is 7.12. The van der Waals surface area contributed by atoms with Crippen molar-refractivity contribution in [2.24, 2.45) is 5.73 Å². The zero-order chi connectivity index (χ0) is 13.7. The van der Waals surface area contributed by atoms with Gasteiger partial charge >= 0.3 is 0 Å². The molecule has 6 nitrogen and oxygen atoms in total. The highest BCUT2D eigenvalue weighted by Gasteiger charge is 2.06. The molecule has 1 amide bonds. The van der Waals surface area contributed by atoms with Crippen LogP contribution in [0.15, 0.2) is 36.7 Å². The fourth-order valence-corrected chi connectivity index (χ4v) is 1.58. The van der Waals surface area contributed by atoms with Crippen molar-refractivity contribution in [2.75, 3.05) is 5.32 Å². The minimum atomic E-state index is -0.212. The van der Waals surface area contributed by atoms with Crippen LogP contribution in [0.3, 0.4) is 0 Å². The van der Waals surface area contributed by atoms with Crippen molar-refractivity contribution in [3.05, 3.63) is 47.8 Å². The summed E-state index contributed by atoms with van der Waals surface area (Å²) in [5.74, 6) is -0.0247. The zero-order valence-electron chi connectivity index (χ0n) is 9.91. The summed E-state index contributed by atoms with van der Waals surface area (Å²) in [6.45, 7) is 0. The van der Waals surface area contributed by atoms with Crippen LogP contribution >= 0.6 is 12.2 Å². The van der Waals surface area contributed by atoms with Crippen LogP contribution in [0.5, 0.6) is 0 Å². The minimum absolute atomic E-state index is 0.187. The number of thiocarbonyl (C=S) groups is 1. The molecule has 2 rings (SSSR count). The molecule has 1 aromatic carbocycles. The van der Waals surface area contributed by atoms with Gasteiger partial charge in [0.2, 0.25) is 11.9 Å². The molecular formula is C12H11N5OS. The van der Waals surface area contributed by atoms with Gasteiger partial charge in [-0.2, -0.15) is 5.10 Å². The highest BCUT2D eigenvalue weighted by molar-refractivity contribution is 7.80. The van der Waals surface area contributed by atoms with E-state index in [0.29, 0.717) is 4.99 Å². The second kappa shape index (κ2) is 5.96. The molecule has 0 unspecified atom stereocenters. The number of carbonyl (C=O) groups excluding carboxylic acids is 1. The van der Waals surface area contributed by atoms with Crippen LogP contribution in [0.2, 0.25) is 0 Å². The number of benzene rings is 1. The van der Waals surface area contributed by atoms with Crippen LogP contribution in [0.4, 0.5) is 5.95 Å². The molecule has 1 heterocycles. The van der Waals surface area contributed by atoms with Crippen molar-refractivity contribution >= 4 is 29.1 Å². The van der Waals surface area contributed by atoms with Crippen LogP contribution in [-0.2, 0) is 11.2 Å². The number of nitrogens with zero attached hydrogens (tertiary/aromatic N) is 3. The minimum Gasteiger partial charge on any atom is -0.389 e. The van der Waals surface area contributed by atoms with Crippen molar-refractivity contribution in [1.82, 2.24) is 15.2 Å². The second-order valence-corrected chi connectivity index (χ2v) is 4.19. The molecule has 96 valence electrons. The number of rotatable bonds is 4. The smallest absolute Gasteiger partial charge is 0.249 e. The van der Waals surface area contributed by atoms with E-state index in [1.807, 2.05) is 0 Å². The molecular weight excluding hydrogens is 262 g/mol. The molecule has 0 aliphatic heterocycles. The van der Waals surface area contributed by atoms with Gasteiger partial charge in [0.15, 0.2) is 0 Å². The quantitative estimate of drug-likeness (QED) is 0.796. The van der Waals surface area contributed by atoms with Crippen LogP contribution in [0.1, 0.15) is 11.1 Å². The third-order valence-electron chi connectivity index (χ3n) is 2.34. The molecule has 0 saturated heterocycles. The van der Waals surface area contributed by atoms with Crippen LogP contribution in [-0.4, -0.2) is 26.1 Å². The van der Waals surface area contributed by atoms with Gasteiger partial charge in [0.05, 0.1) is 18.8 Å². The van der Waals surface area contributed by atoms with E-state index in [-0.39, 0.29) is 18.3 Å². The number of nitrogens with one attached hydrogen (secondary N) is 1. The first-order valence-corrected chi connectivity index (χ1v) is 5.88. The Hall–Kier alpha value is -2.41. The van der Waals surface area contributed by atoms with Crippen molar-refractivity contribution in [1.29, 1.82) is 0 Å². The Balaban J connectivity index is 1.97. The predicted molar refractivity (Wildman–Crippen MR) is 74.5 cm³/mol. The Labute approximate surface area is 115 Å². The predicted octanol–water partition coefficient (Wildman–Crippen LogP) is 0.687. The number of carbonyl (C=O) groups is 1. The Morgan fingerprint density at radius 3 is 2.58 bits per heavy atom. The van der Waals surface area contributed by atoms with Gasteiger partial charge in [-0.25, -0.2) is 4.98 Å². The van der Waals surface area contributed by atoms with Crippen molar-refractivity contribution in [2.45, 2.75) is 6.42 Å². The topological polar surface area (TPSA) is 93.8 Å². The maximum Gasteiger partial charge on any atom is 0.249 e. The summed E-state index contributed by atoms with van der Waals surface area (Å²) in [6, 6.07) is 7.17. The number of hydrogen-bond acceptors (Lipinski definition) is 5. The lowest BCUT2D eigenvalue weighted by Crippen LogP contribution is -2.16. The fourth-order valence-electron chi connectivity index (χ4n) is 1.45. The molecule has 0 fully saturated rings.